The zero-order valence-electron chi connectivity index (χ0n) is 14.9. The van der Waals surface area contributed by atoms with Gasteiger partial charge in [0.25, 0.3) is 0 Å². The maximum Gasteiger partial charge on any atom is 0.329 e. The Labute approximate surface area is 161 Å². The Bertz CT molecular complexity index is 853. The minimum atomic E-state index is -0.923. The first-order chi connectivity index (χ1) is 13.0. The fourth-order valence-electron chi connectivity index (χ4n) is 2.09. The molecule has 0 aliphatic carbocycles. The van der Waals surface area contributed by atoms with Crippen LogP contribution in [0.4, 0.5) is 5.69 Å². The van der Waals surface area contributed by atoms with Crippen LogP contribution in [0.25, 0.3) is 0 Å². The number of nitrogens with zero attached hydrogens (tertiary/aromatic N) is 1. The van der Waals surface area contributed by atoms with E-state index in [9.17, 15) is 9.59 Å². The molecule has 2 aromatic rings. The monoisotopic (exact) mass is 391 g/mol. The number of hydrogen-bond donors (Lipinski definition) is 2. The zero-order valence-corrected chi connectivity index (χ0v) is 15.7. The smallest absolute Gasteiger partial charge is 0.329 e. The molecule has 0 aliphatic rings. The van der Waals surface area contributed by atoms with E-state index in [-0.39, 0.29) is 0 Å². The number of hydrogen-bond acceptors (Lipinski definition) is 6. The van der Waals surface area contributed by atoms with Gasteiger partial charge in [-0.25, -0.2) is 5.43 Å². The summed E-state index contributed by atoms with van der Waals surface area (Å²) in [4.78, 5) is 23.7. The Morgan fingerprint density at radius 1 is 1.00 bits per heavy atom. The number of halogens is 1. The number of carbonyl (C=O) groups excluding carboxylic acids is 2. The summed E-state index contributed by atoms with van der Waals surface area (Å²) in [5, 5.41) is 6.51. The summed E-state index contributed by atoms with van der Waals surface area (Å²) in [6, 6.07) is 9.74. The molecule has 0 aliphatic heterocycles. The summed E-state index contributed by atoms with van der Waals surface area (Å²) in [6.45, 7) is 0. The third-order valence-electron chi connectivity index (χ3n) is 3.39. The predicted molar refractivity (Wildman–Crippen MR) is 102 cm³/mol. The highest BCUT2D eigenvalue weighted by Gasteiger charge is 2.13. The zero-order chi connectivity index (χ0) is 19.8. The summed E-state index contributed by atoms with van der Waals surface area (Å²) in [7, 11) is 4.48. The van der Waals surface area contributed by atoms with Gasteiger partial charge in [-0.05, 0) is 42.0 Å². The summed E-state index contributed by atoms with van der Waals surface area (Å²) < 4.78 is 15.3. The fraction of sp³-hybridized carbons (Fsp3) is 0.167. The van der Waals surface area contributed by atoms with Crippen molar-refractivity contribution in [1.82, 2.24) is 5.43 Å². The van der Waals surface area contributed by atoms with Gasteiger partial charge < -0.3 is 19.5 Å². The second-order valence-electron chi connectivity index (χ2n) is 5.12. The average molecular weight is 392 g/mol. The number of methoxy groups -OCH3 is 3. The van der Waals surface area contributed by atoms with E-state index in [2.05, 4.69) is 15.8 Å². The third kappa shape index (κ3) is 5.35. The number of amides is 2. The van der Waals surface area contributed by atoms with Crippen molar-refractivity contribution < 1.29 is 23.8 Å². The molecule has 0 spiro atoms. The number of benzene rings is 2. The van der Waals surface area contributed by atoms with Crippen molar-refractivity contribution in [3.8, 4) is 17.2 Å². The van der Waals surface area contributed by atoms with E-state index in [0.717, 1.165) is 0 Å². The van der Waals surface area contributed by atoms with Gasteiger partial charge in [0.05, 0.1) is 32.6 Å². The highest BCUT2D eigenvalue weighted by Crippen LogP contribution is 2.35. The quantitative estimate of drug-likeness (QED) is 0.447. The van der Waals surface area contributed by atoms with Gasteiger partial charge in [-0.3, -0.25) is 9.59 Å². The summed E-state index contributed by atoms with van der Waals surface area (Å²) in [5.41, 5.74) is 3.14. The molecule has 0 bridgehead atoms. The number of carbonyl (C=O) groups is 2. The molecule has 2 aromatic carbocycles. The topological polar surface area (TPSA) is 98.2 Å². The van der Waals surface area contributed by atoms with Crippen LogP contribution in [-0.2, 0) is 9.59 Å². The lowest BCUT2D eigenvalue weighted by Crippen LogP contribution is -2.32. The molecule has 2 rings (SSSR count). The van der Waals surface area contributed by atoms with Crippen molar-refractivity contribution in [3.63, 3.8) is 0 Å². The van der Waals surface area contributed by atoms with Gasteiger partial charge in [0.15, 0.2) is 11.5 Å². The SMILES string of the molecule is COc1ccc(NC(=O)C(=O)N/N=C\c2cc(Cl)c(OC)c(OC)c2)cc1. The van der Waals surface area contributed by atoms with E-state index in [1.165, 1.54) is 27.5 Å². The lowest BCUT2D eigenvalue weighted by atomic mass is 10.2. The molecule has 0 unspecified atom stereocenters. The van der Waals surface area contributed by atoms with Crippen molar-refractivity contribution in [2.45, 2.75) is 0 Å². The average Bonchev–Trinajstić information content (AvgIpc) is 2.67. The van der Waals surface area contributed by atoms with Crippen LogP contribution in [-0.4, -0.2) is 39.4 Å². The Morgan fingerprint density at radius 2 is 1.70 bits per heavy atom. The molecule has 142 valence electrons. The second-order valence-corrected chi connectivity index (χ2v) is 5.53. The van der Waals surface area contributed by atoms with E-state index in [1.807, 2.05) is 0 Å². The molecule has 0 fully saturated rings. The maximum absolute atomic E-state index is 11.9. The van der Waals surface area contributed by atoms with E-state index in [4.69, 9.17) is 25.8 Å². The van der Waals surface area contributed by atoms with Crippen LogP contribution in [0.1, 0.15) is 5.56 Å². The van der Waals surface area contributed by atoms with Crippen LogP contribution < -0.4 is 25.0 Å². The molecular weight excluding hydrogens is 374 g/mol. The van der Waals surface area contributed by atoms with Crippen molar-refractivity contribution >= 4 is 35.3 Å². The second kappa shape index (κ2) is 9.44. The Balaban J connectivity index is 1.97. The molecule has 0 radical (unpaired) electrons. The van der Waals surface area contributed by atoms with E-state index in [1.54, 1.807) is 36.4 Å². The Hall–Kier alpha value is -3.26. The molecule has 0 saturated heterocycles. The minimum Gasteiger partial charge on any atom is -0.497 e. The first-order valence-corrected chi connectivity index (χ1v) is 8.06. The molecule has 2 N–H and O–H groups in total. The molecule has 9 heteroatoms. The largest absolute Gasteiger partial charge is 0.497 e. The van der Waals surface area contributed by atoms with E-state index in [0.29, 0.717) is 33.5 Å². The molecular formula is C18H18ClN3O5. The number of rotatable bonds is 6. The van der Waals surface area contributed by atoms with Crippen molar-refractivity contribution in [3.05, 3.63) is 47.0 Å². The first-order valence-electron chi connectivity index (χ1n) is 7.68. The molecule has 2 amide bonds. The van der Waals surface area contributed by atoms with E-state index < -0.39 is 11.8 Å². The highest BCUT2D eigenvalue weighted by atomic mass is 35.5. The van der Waals surface area contributed by atoms with Gasteiger partial charge in [-0.1, -0.05) is 11.6 Å². The van der Waals surface area contributed by atoms with Crippen LogP contribution in [0.15, 0.2) is 41.5 Å². The van der Waals surface area contributed by atoms with Crippen LogP contribution in [0, 0.1) is 0 Å². The fourth-order valence-corrected chi connectivity index (χ4v) is 2.39. The van der Waals surface area contributed by atoms with Crippen molar-refractivity contribution in [2.24, 2.45) is 5.10 Å². The predicted octanol–water partition coefficient (Wildman–Crippen LogP) is 2.45. The van der Waals surface area contributed by atoms with Crippen LogP contribution in [0.5, 0.6) is 17.2 Å². The summed E-state index contributed by atoms with van der Waals surface area (Å²) in [6.07, 6.45) is 1.33. The van der Waals surface area contributed by atoms with Gasteiger partial charge in [-0.2, -0.15) is 5.10 Å². The maximum atomic E-state index is 11.9. The van der Waals surface area contributed by atoms with E-state index >= 15 is 0 Å². The number of hydrazone groups is 1. The minimum absolute atomic E-state index is 0.321. The lowest BCUT2D eigenvalue weighted by Gasteiger charge is -2.09. The molecule has 0 atom stereocenters. The van der Waals surface area contributed by atoms with Crippen LogP contribution in [0.3, 0.4) is 0 Å². The molecule has 0 saturated carbocycles. The first kappa shape index (κ1) is 20.1. The normalized spacial score (nSPS) is 10.4. The standard InChI is InChI=1S/C18H18ClN3O5/c1-25-13-6-4-12(5-7-13)21-17(23)18(24)22-20-10-11-8-14(19)16(27-3)15(9-11)26-2/h4-10H,1-3H3,(H,21,23)(H,22,24)/b20-10-. The van der Waals surface area contributed by atoms with Crippen LogP contribution in [0.2, 0.25) is 5.02 Å². The highest BCUT2D eigenvalue weighted by molar-refractivity contribution is 6.39. The number of nitrogens with one attached hydrogen (secondary N) is 2. The summed E-state index contributed by atoms with van der Waals surface area (Å²) >= 11 is 6.09. The number of anilines is 1. The lowest BCUT2D eigenvalue weighted by molar-refractivity contribution is -0.136. The molecule has 27 heavy (non-hydrogen) atoms. The Morgan fingerprint density at radius 3 is 2.30 bits per heavy atom. The van der Waals surface area contributed by atoms with Gasteiger partial charge in [0.2, 0.25) is 0 Å². The summed E-state index contributed by atoms with van der Waals surface area (Å²) in [5.74, 6) is -0.346. The van der Waals surface area contributed by atoms with Gasteiger partial charge in [0, 0.05) is 5.69 Å². The van der Waals surface area contributed by atoms with Crippen molar-refractivity contribution in [2.75, 3.05) is 26.6 Å². The molecule has 0 aromatic heterocycles. The van der Waals surface area contributed by atoms with Gasteiger partial charge in [0.1, 0.15) is 5.75 Å². The Kier molecular flexibility index (Phi) is 7.01. The third-order valence-corrected chi connectivity index (χ3v) is 3.67. The van der Waals surface area contributed by atoms with Gasteiger partial charge >= 0.3 is 11.8 Å². The van der Waals surface area contributed by atoms with Crippen molar-refractivity contribution in [1.29, 1.82) is 0 Å². The van der Waals surface area contributed by atoms with Gasteiger partial charge in [-0.15, -0.1) is 0 Å². The molecule has 8 nitrogen and oxygen atoms in total. The number of ether oxygens (including phenoxy) is 3. The van der Waals surface area contributed by atoms with Crippen LogP contribution >= 0.6 is 11.6 Å². The molecule has 0 heterocycles.